The van der Waals surface area contributed by atoms with Crippen LogP contribution in [0.15, 0.2) is 18.2 Å². The summed E-state index contributed by atoms with van der Waals surface area (Å²) in [4.78, 5) is 2.30. The minimum atomic E-state index is -0.225. The van der Waals surface area contributed by atoms with Crippen LogP contribution in [0.1, 0.15) is 18.4 Å². The fourth-order valence-electron chi connectivity index (χ4n) is 2.79. The van der Waals surface area contributed by atoms with Crippen molar-refractivity contribution in [3.05, 3.63) is 29.6 Å². The Morgan fingerprint density at radius 2 is 2.24 bits per heavy atom. The maximum atomic E-state index is 13.5. The summed E-state index contributed by atoms with van der Waals surface area (Å²) >= 11 is 0. The normalized spacial score (nSPS) is 18.4. The first-order chi connectivity index (χ1) is 10.2. The van der Waals surface area contributed by atoms with Crippen molar-refractivity contribution in [2.24, 2.45) is 0 Å². The average Bonchev–Trinajstić information content (AvgIpc) is 2.98. The third-order valence-corrected chi connectivity index (χ3v) is 3.89. The van der Waals surface area contributed by atoms with Crippen molar-refractivity contribution in [3.63, 3.8) is 0 Å². The SMILES string of the molecule is COCCN(Cc1cc(F)ccc1OC)CC1CCCN1. The molecule has 1 N–H and O–H groups in total. The van der Waals surface area contributed by atoms with Crippen LogP contribution in [0.2, 0.25) is 0 Å². The van der Waals surface area contributed by atoms with Gasteiger partial charge in [0.05, 0.1) is 13.7 Å². The van der Waals surface area contributed by atoms with Crippen LogP contribution in [0, 0.1) is 5.82 Å². The fraction of sp³-hybridized carbons (Fsp3) is 0.625. The van der Waals surface area contributed by atoms with Gasteiger partial charge >= 0.3 is 0 Å². The average molecular weight is 296 g/mol. The molecule has 0 aromatic heterocycles. The van der Waals surface area contributed by atoms with E-state index in [0.717, 1.165) is 30.9 Å². The summed E-state index contributed by atoms with van der Waals surface area (Å²) in [5.41, 5.74) is 0.881. The second-order valence-corrected chi connectivity index (χ2v) is 5.48. The Hall–Kier alpha value is -1.17. The van der Waals surface area contributed by atoms with E-state index in [9.17, 15) is 4.39 Å². The number of nitrogens with one attached hydrogen (secondary N) is 1. The summed E-state index contributed by atoms with van der Waals surface area (Å²) < 4.78 is 24.0. The number of halogens is 1. The Morgan fingerprint density at radius 1 is 1.38 bits per heavy atom. The lowest BCUT2D eigenvalue weighted by molar-refractivity contribution is 0.137. The zero-order valence-electron chi connectivity index (χ0n) is 12.9. The maximum absolute atomic E-state index is 13.5. The smallest absolute Gasteiger partial charge is 0.123 e. The quantitative estimate of drug-likeness (QED) is 0.796. The van der Waals surface area contributed by atoms with Crippen molar-refractivity contribution < 1.29 is 13.9 Å². The zero-order valence-corrected chi connectivity index (χ0v) is 12.9. The predicted octanol–water partition coefficient (Wildman–Crippen LogP) is 2.03. The minimum Gasteiger partial charge on any atom is -0.496 e. The van der Waals surface area contributed by atoms with Crippen LogP contribution in [0.4, 0.5) is 4.39 Å². The molecule has 0 amide bonds. The van der Waals surface area contributed by atoms with Gasteiger partial charge in [-0.05, 0) is 37.6 Å². The largest absolute Gasteiger partial charge is 0.496 e. The number of hydrogen-bond acceptors (Lipinski definition) is 4. The zero-order chi connectivity index (χ0) is 15.1. The van der Waals surface area contributed by atoms with Gasteiger partial charge < -0.3 is 14.8 Å². The maximum Gasteiger partial charge on any atom is 0.123 e. The highest BCUT2D eigenvalue weighted by molar-refractivity contribution is 5.33. The van der Waals surface area contributed by atoms with Gasteiger partial charge in [0.15, 0.2) is 0 Å². The van der Waals surface area contributed by atoms with Crippen molar-refractivity contribution in [1.82, 2.24) is 10.2 Å². The monoisotopic (exact) mass is 296 g/mol. The number of methoxy groups -OCH3 is 2. The van der Waals surface area contributed by atoms with E-state index in [1.807, 2.05) is 0 Å². The summed E-state index contributed by atoms with van der Waals surface area (Å²) in [6.07, 6.45) is 2.43. The minimum absolute atomic E-state index is 0.225. The summed E-state index contributed by atoms with van der Waals surface area (Å²) in [6, 6.07) is 5.19. The molecule has 1 aromatic carbocycles. The van der Waals surface area contributed by atoms with E-state index in [-0.39, 0.29) is 5.82 Å². The van der Waals surface area contributed by atoms with Crippen LogP contribution in [-0.4, -0.2) is 51.4 Å². The van der Waals surface area contributed by atoms with E-state index in [0.29, 0.717) is 19.2 Å². The molecule has 1 saturated heterocycles. The molecule has 0 bridgehead atoms. The van der Waals surface area contributed by atoms with Crippen LogP contribution in [0.25, 0.3) is 0 Å². The lowest BCUT2D eigenvalue weighted by Gasteiger charge is -2.26. The molecule has 0 saturated carbocycles. The molecule has 1 heterocycles. The molecule has 5 heteroatoms. The van der Waals surface area contributed by atoms with Gasteiger partial charge in [0.1, 0.15) is 11.6 Å². The van der Waals surface area contributed by atoms with E-state index >= 15 is 0 Å². The van der Waals surface area contributed by atoms with Crippen molar-refractivity contribution in [2.75, 3.05) is 40.5 Å². The number of ether oxygens (including phenoxy) is 2. The second-order valence-electron chi connectivity index (χ2n) is 5.48. The number of rotatable bonds is 8. The standard InChI is InChI=1S/C16H25FN2O2/c1-20-9-8-19(12-15-4-3-7-18-15)11-13-10-14(17)5-6-16(13)21-2/h5-6,10,15,18H,3-4,7-9,11-12H2,1-2H3. The van der Waals surface area contributed by atoms with Gasteiger partial charge in [-0.3, -0.25) is 4.90 Å². The first-order valence-corrected chi connectivity index (χ1v) is 7.50. The summed E-state index contributed by atoms with van der Waals surface area (Å²) in [6.45, 7) is 4.20. The molecule has 1 aliphatic heterocycles. The van der Waals surface area contributed by atoms with E-state index in [4.69, 9.17) is 9.47 Å². The molecule has 0 radical (unpaired) electrons. The number of benzene rings is 1. The van der Waals surface area contributed by atoms with Crippen molar-refractivity contribution in [1.29, 1.82) is 0 Å². The molecule has 1 atom stereocenters. The van der Waals surface area contributed by atoms with E-state index in [2.05, 4.69) is 10.2 Å². The molecule has 118 valence electrons. The molecule has 2 rings (SSSR count). The molecule has 21 heavy (non-hydrogen) atoms. The molecule has 1 unspecified atom stereocenters. The van der Waals surface area contributed by atoms with E-state index in [1.54, 1.807) is 26.4 Å². The Bertz CT molecular complexity index is 436. The molecule has 4 nitrogen and oxygen atoms in total. The molecular weight excluding hydrogens is 271 g/mol. The highest BCUT2D eigenvalue weighted by Gasteiger charge is 2.19. The lowest BCUT2D eigenvalue weighted by atomic mass is 10.1. The summed E-state index contributed by atoms with van der Waals surface area (Å²) in [5, 5.41) is 3.50. The molecule has 1 aromatic rings. The Morgan fingerprint density at radius 3 is 2.90 bits per heavy atom. The number of nitrogens with zero attached hydrogens (tertiary/aromatic N) is 1. The highest BCUT2D eigenvalue weighted by atomic mass is 19.1. The van der Waals surface area contributed by atoms with E-state index < -0.39 is 0 Å². The Kier molecular flexibility index (Phi) is 6.42. The van der Waals surface area contributed by atoms with Gasteiger partial charge in [-0.15, -0.1) is 0 Å². The fourth-order valence-corrected chi connectivity index (χ4v) is 2.79. The van der Waals surface area contributed by atoms with Gasteiger partial charge in [0.2, 0.25) is 0 Å². The Balaban J connectivity index is 2.03. The predicted molar refractivity (Wildman–Crippen MR) is 81.1 cm³/mol. The van der Waals surface area contributed by atoms with Crippen LogP contribution in [0.3, 0.4) is 0 Å². The van der Waals surface area contributed by atoms with Crippen molar-refractivity contribution >= 4 is 0 Å². The molecule has 1 aliphatic rings. The molecular formula is C16H25FN2O2. The topological polar surface area (TPSA) is 33.7 Å². The molecule has 0 aliphatic carbocycles. The Labute approximate surface area is 126 Å². The van der Waals surface area contributed by atoms with Gasteiger partial charge in [-0.1, -0.05) is 0 Å². The second kappa shape index (κ2) is 8.32. The van der Waals surface area contributed by atoms with Crippen LogP contribution in [0.5, 0.6) is 5.75 Å². The highest BCUT2D eigenvalue weighted by Crippen LogP contribution is 2.21. The molecule has 0 spiro atoms. The third kappa shape index (κ3) is 4.95. The molecule has 1 fully saturated rings. The van der Waals surface area contributed by atoms with Crippen LogP contribution < -0.4 is 10.1 Å². The van der Waals surface area contributed by atoms with Crippen molar-refractivity contribution in [2.45, 2.75) is 25.4 Å². The van der Waals surface area contributed by atoms with Gasteiger partial charge in [-0.2, -0.15) is 0 Å². The van der Waals surface area contributed by atoms with Crippen molar-refractivity contribution in [3.8, 4) is 5.75 Å². The van der Waals surface area contributed by atoms with Gasteiger partial charge in [0, 0.05) is 38.3 Å². The van der Waals surface area contributed by atoms with Crippen LogP contribution in [-0.2, 0) is 11.3 Å². The van der Waals surface area contributed by atoms with E-state index in [1.165, 1.54) is 18.9 Å². The first-order valence-electron chi connectivity index (χ1n) is 7.50. The summed E-state index contributed by atoms with van der Waals surface area (Å²) in [7, 11) is 3.32. The summed E-state index contributed by atoms with van der Waals surface area (Å²) in [5.74, 6) is 0.509. The lowest BCUT2D eigenvalue weighted by Crippen LogP contribution is -2.38. The first kappa shape index (κ1) is 16.2. The number of hydrogen-bond donors (Lipinski definition) is 1. The van der Waals surface area contributed by atoms with Gasteiger partial charge in [0.25, 0.3) is 0 Å². The van der Waals surface area contributed by atoms with Gasteiger partial charge in [-0.25, -0.2) is 4.39 Å². The third-order valence-electron chi connectivity index (χ3n) is 3.89. The van der Waals surface area contributed by atoms with Crippen LogP contribution >= 0.6 is 0 Å².